The van der Waals surface area contributed by atoms with Crippen LogP contribution in [0, 0.1) is 0 Å². The van der Waals surface area contributed by atoms with Crippen LogP contribution in [0.15, 0.2) is 23.1 Å². The number of amides is 1. The van der Waals surface area contributed by atoms with Crippen LogP contribution in [-0.4, -0.2) is 64.4 Å². The van der Waals surface area contributed by atoms with E-state index < -0.39 is 10.0 Å². The normalized spacial score (nSPS) is 16.0. The molecule has 1 amide bonds. The third-order valence-electron chi connectivity index (χ3n) is 5.06. The highest BCUT2D eigenvalue weighted by atomic mass is 32.2. The average molecular weight is 397 g/mol. The number of anilines is 1. The number of carbonyl (C=O) groups excluding carboxylic acids is 1. The number of nitrogens with one attached hydrogen (secondary N) is 2. The van der Waals surface area contributed by atoms with Crippen LogP contribution in [0.5, 0.6) is 0 Å². The molecule has 0 saturated carbocycles. The van der Waals surface area contributed by atoms with Gasteiger partial charge >= 0.3 is 0 Å². The number of sulfonamides is 1. The van der Waals surface area contributed by atoms with Crippen LogP contribution in [0.2, 0.25) is 0 Å². The molecule has 1 fully saturated rings. The fraction of sp³-hybridized carbons (Fsp3) is 0.632. The standard InChI is InChI=1S/C19H32N4O3S/c1-5-23(6-2)27(25,26)16-9-10-18(22-11-7-8-12-22)17(13-16)19(24)21-14-15(3)20-4/h9-10,13,15,20H,5-8,11-12,14H2,1-4H3,(H,21,24). The molecule has 7 nitrogen and oxygen atoms in total. The lowest BCUT2D eigenvalue weighted by atomic mass is 10.1. The van der Waals surface area contributed by atoms with Crippen LogP contribution in [-0.2, 0) is 10.0 Å². The van der Waals surface area contributed by atoms with E-state index in [4.69, 9.17) is 0 Å². The van der Waals surface area contributed by atoms with E-state index in [-0.39, 0.29) is 16.8 Å². The molecule has 0 aromatic heterocycles. The molecule has 1 heterocycles. The van der Waals surface area contributed by atoms with Crippen LogP contribution in [0.25, 0.3) is 0 Å². The summed E-state index contributed by atoms with van der Waals surface area (Å²) in [6.07, 6.45) is 2.16. The van der Waals surface area contributed by atoms with Crippen molar-refractivity contribution in [3.05, 3.63) is 23.8 Å². The highest BCUT2D eigenvalue weighted by molar-refractivity contribution is 7.89. The summed E-state index contributed by atoms with van der Waals surface area (Å²) < 4.78 is 27.2. The summed E-state index contributed by atoms with van der Waals surface area (Å²) in [6, 6.07) is 5.05. The van der Waals surface area contributed by atoms with E-state index in [0.29, 0.717) is 25.2 Å². The summed E-state index contributed by atoms with van der Waals surface area (Å²) in [4.78, 5) is 15.2. The highest BCUT2D eigenvalue weighted by Crippen LogP contribution is 2.28. The molecule has 0 bridgehead atoms. The Hall–Kier alpha value is -1.64. The van der Waals surface area contributed by atoms with E-state index in [0.717, 1.165) is 31.6 Å². The predicted molar refractivity (Wildman–Crippen MR) is 109 cm³/mol. The van der Waals surface area contributed by atoms with E-state index in [2.05, 4.69) is 15.5 Å². The van der Waals surface area contributed by atoms with Crippen molar-refractivity contribution in [1.82, 2.24) is 14.9 Å². The lowest BCUT2D eigenvalue weighted by Gasteiger charge is -2.24. The molecule has 2 rings (SSSR count). The first-order chi connectivity index (χ1) is 12.8. The Labute approximate surface area is 163 Å². The lowest BCUT2D eigenvalue weighted by molar-refractivity contribution is 0.0951. The Balaban J connectivity index is 2.41. The SMILES string of the molecule is CCN(CC)S(=O)(=O)c1ccc(N2CCCC2)c(C(=O)NCC(C)NC)c1. The minimum atomic E-state index is -3.61. The van der Waals surface area contributed by atoms with Crippen LogP contribution < -0.4 is 15.5 Å². The molecule has 1 aromatic rings. The van der Waals surface area contributed by atoms with Crippen molar-refractivity contribution >= 4 is 21.6 Å². The summed E-state index contributed by atoms with van der Waals surface area (Å²) in [5.41, 5.74) is 1.23. The van der Waals surface area contributed by atoms with E-state index >= 15 is 0 Å². The third kappa shape index (κ3) is 5.00. The molecule has 2 N–H and O–H groups in total. The zero-order valence-corrected chi connectivity index (χ0v) is 17.6. The van der Waals surface area contributed by atoms with Gasteiger partial charge in [0.1, 0.15) is 0 Å². The lowest BCUT2D eigenvalue weighted by Crippen LogP contribution is -2.38. The maximum absolute atomic E-state index is 12.9. The van der Waals surface area contributed by atoms with Gasteiger partial charge in [0.2, 0.25) is 10.0 Å². The van der Waals surface area contributed by atoms with Crippen LogP contribution >= 0.6 is 0 Å². The second kappa shape index (κ2) is 9.52. The molecule has 27 heavy (non-hydrogen) atoms. The Bertz CT molecular complexity index is 741. The quantitative estimate of drug-likeness (QED) is 0.663. The van der Waals surface area contributed by atoms with E-state index in [1.54, 1.807) is 12.1 Å². The topological polar surface area (TPSA) is 81.8 Å². The number of likely N-dealkylation sites (N-methyl/N-ethyl adjacent to an activating group) is 1. The molecule has 152 valence electrons. The fourth-order valence-electron chi connectivity index (χ4n) is 3.25. The van der Waals surface area contributed by atoms with Crippen molar-refractivity contribution in [2.75, 3.05) is 44.7 Å². The molecule has 0 radical (unpaired) electrons. The van der Waals surface area contributed by atoms with Crippen LogP contribution in [0.3, 0.4) is 0 Å². The highest BCUT2D eigenvalue weighted by Gasteiger charge is 2.26. The van der Waals surface area contributed by atoms with Gasteiger partial charge in [-0.05, 0) is 45.0 Å². The maximum Gasteiger partial charge on any atom is 0.253 e. The van der Waals surface area contributed by atoms with Crippen molar-refractivity contribution in [2.45, 2.75) is 44.6 Å². The first kappa shape index (κ1) is 21.7. The van der Waals surface area contributed by atoms with Gasteiger partial charge in [0.25, 0.3) is 5.91 Å². The Morgan fingerprint density at radius 3 is 2.41 bits per heavy atom. The molecular formula is C19H32N4O3S. The summed E-state index contributed by atoms with van der Waals surface area (Å²) in [6.45, 7) is 8.63. The van der Waals surface area contributed by atoms with E-state index in [1.165, 1.54) is 10.4 Å². The summed E-state index contributed by atoms with van der Waals surface area (Å²) in [5, 5.41) is 5.99. The molecule has 1 aliphatic rings. The Morgan fingerprint density at radius 1 is 1.22 bits per heavy atom. The van der Waals surface area contributed by atoms with Gasteiger partial charge in [-0.2, -0.15) is 4.31 Å². The van der Waals surface area contributed by atoms with Crippen molar-refractivity contribution in [1.29, 1.82) is 0 Å². The summed E-state index contributed by atoms with van der Waals surface area (Å²) >= 11 is 0. The number of nitrogens with zero attached hydrogens (tertiary/aromatic N) is 2. The van der Waals surface area contributed by atoms with Crippen molar-refractivity contribution in [3.63, 3.8) is 0 Å². The molecule has 1 atom stereocenters. The monoisotopic (exact) mass is 396 g/mol. The molecule has 1 aromatic carbocycles. The number of hydrogen-bond donors (Lipinski definition) is 2. The van der Waals surface area contributed by atoms with Gasteiger partial charge in [0, 0.05) is 44.5 Å². The minimum absolute atomic E-state index is 0.131. The molecule has 1 aliphatic heterocycles. The van der Waals surface area contributed by atoms with Gasteiger partial charge in [-0.1, -0.05) is 13.8 Å². The molecule has 0 aliphatic carbocycles. The Kier molecular flexibility index (Phi) is 7.64. The van der Waals surface area contributed by atoms with Gasteiger partial charge < -0.3 is 15.5 Å². The van der Waals surface area contributed by atoms with Gasteiger partial charge in [0.15, 0.2) is 0 Å². The van der Waals surface area contributed by atoms with Crippen molar-refractivity contribution in [2.24, 2.45) is 0 Å². The van der Waals surface area contributed by atoms with Gasteiger partial charge in [-0.25, -0.2) is 8.42 Å². The maximum atomic E-state index is 12.9. The van der Waals surface area contributed by atoms with E-state index in [1.807, 2.05) is 27.8 Å². The zero-order valence-electron chi connectivity index (χ0n) is 16.8. The van der Waals surface area contributed by atoms with Crippen LogP contribution in [0.4, 0.5) is 5.69 Å². The largest absolute Gasteiger partial charge is 0.371 e. The minimum Gasteiger partial charge on any atom is -0.371 e. The molecule has 1 unspecified atom stereocenters. The second-order valence-corrected chi connectivity index (χ2v) is 8.80. The van der Waals surface area contributed by atoms with Gasteiger partial charge in [-0.15, -0.1) is 0 Å². The average Bonchev–Trinajstić information content (AvgIpc) is 3.20. The number of carbonyl (C=O) groups is 1. The first-order valence-corrected chi connectivity index (χ1v) is 11.1. The summed E-state index contributed by atoms with van der Waals surface area (Å²) in [5.74, 6) is -0.240. The van der Waals surface area contributed by atoms with Gasteiger partial charge in [-0.3, -0.25) is 4.79 Å². The van der Waals surface area contributed by atoms with Crippen molar-refractivity contribution < 1.29 is 13.2 Å². The Morgan fingerprint density at radius 2 is 1.85 bits per heavy atom. The van der Waals surface area contributed by atoms with E-state index in [9.17, 15) is 13.2 Å². The number of hydrogen-bond acceptors (Lipinski definition) is 5. The zero-order chi connectivity index (χ0) is 20.0. The van der Waals surface area contributed by atoms with Gasteiger partial charge in [0.05, 0.1) is 10.5 Å². The number of benzene rings is 1. The van der Waals surface area contributed by atoms with Crippen molar-refractivity contribution in [3.8, 4) is 0 Å². The number of rotatable bonds is 9. The second-order valence-electron chi connectivity index (χ2n) is 6.86. The predicted octanol–water partition coefficient (Wildman–Crippen LogP) is 1.66. The first-order valence-electron chi connectivity index (χ1n) is 9.69. The molecular weight excluding hydrogens is 364 g/mol. The molecule has 0 spiro atoms. The molecule has 1 saturated heterocycles. The summed E-state index contributed by atoms with van der Waals surface area (Å²) in [7, 11) is -1.77. The fourth-order valence-corrected chi connectivity index (χ4v) is 4.73. The third-order valence-corrected chi connectivity index (χ3v) is 7.11. The van der Waals surface area contributed by atoms with Crippen LogP contribution in [0.1, 0.15) is 44.0 Å². The molecule has 8 heteroatoms. The smallest absolute Gasteiger partial charge is 0.253 e.